The fourth-order valence-corrected chi connectivity index (χ4v) is 2.33. The summed E-state index contributed by atoms with van der Waals surface area (Å²) in [6, 6.07) is 8.13. The minimum absolute atomic E-state index is 0.837. The summed E-state index contributed by atoms with van der Waals surface area (Å²) in [5.41, 5.74) is 9.24. The molecule has 0 amide bonds. The van der Waals surface area contributed by atoms with E-state index in [9.17, 15) is 0 Å². The van der Waals surface area contributed by atoms with Gasteiger partial charge in [0, 0.05) is 31.4 Å². The van der Waals surface area contributed by atoms with E-state index in [-0.39, 0.29) is 0 Å². The van der Waals surface area contributed by atoms with E-state index in [1.807, 2.05) is 30.1 Å². The van der Waals surface area contributed by atoms with Gasteiger partial charge in [-0.2, -0.15) is 5.10 Å². The van der Waals surface area contributed by atoms with E-state index in [1.54, 1.807) is 0 Å². The summed E-state index contributed by atoms with van der Waals surface area (Å²) in [6.45, 7) is 0.920. The zero-order chi connectivity index (χ0) is 12.5. The maximum absolute atomic E-state index is 6.04. The Labute approximate surface area is 106 Å². The molecule has 0 radical (unpaired) electrons. The first kappa shape index (κ1) is 10.9. The van der Waals surface area contributed by atoms with E-state index in [0.717, 1.165) is 24.2 Å². The van der Waals surface area contributed by atoms with Crippen molar-refractivity contribution in [1.82, 2.24) is 14.3 Å². The van der Waals surface area contributed by atoms with E-state index in [2.05, 4.69) is 34.2 Å². The standard InChI is InChI=1S/C14H16N4/c1-17-10-11(9-16-17)5-7-18-8-6-12-3-2-4-13(15)14(12)18/h2-4,6,8-10H,5,7,15H2,1H3. The molecule has 2 heterocycles. The fourth-order valence-electron chi connectivity index (χ4n) is 2.33. The fraction of sp³-hybridized carbons (Fsp3) is 0.214. The summed E-state index contributed by atoms with van der Waals surface area (Å²) < 4.78 is 4.04. The Hall–Kier alpha value is -2.23. The Morgan fingerprint density at radius 1 is 1.28 bits per heavy atom. The van der Waals surface area contributed by atoms with Crippen molar-refractivity contribution in [3.8, 4) is 0 Å². The Balaban J connectivity index is 1.87. The van der Waals surface area contributed by atoms with Gasteiger partial charge < -0.3 is 10.3 Å². The van der Waals surface area contributed by atoms with Gasteiger partial charge in [0.15, 0.2) is 0 Å². The molecule has 0 bridgehead atoms. The molecule has 0 aliphatic rings. The summed E-state index contributed by atoms with van der Waals surface area (Å²) in [7, 11) is 1.94. The summed E-state index contributed by atoms with van der Waals surface area (Å²) in [6.07, 6.45) is 7.02. The van der Waals surface area contributed by atoms with Gasteiger partial charge in [0.2, 0.25) is 0 Å². The predicted octanol–water partition coefficient (Wildman–Crippen LogP) is 2.20. The second-order valence-electron chi connectivity index (χ2n) is 4.57. The average Bonchev–Trinajstić information content (AvgIpc) is 2.94. The lowest BCUT2D eigenvalue weighted by atomic mass is 10.2. The van der Waals surface area contributed by atoms with Crippen LogP contribution in [-0.4, -0.2) is 14.3 Å². The van der Waals surface area contributed by atoms with Crippen LogP contribution in [0.15, 0.2) is 42.9 Å². The number of nitrogens with two attached hydrogens (primary N) is 1. The van der Waals surface area contributed by atoms with Gasteiger partial charge in [-0.1, -0.05) is 12.1 Å². The van der Waals surface area contributed by atoms with Crippen molar-refractivity contribution in [3.63, 3.8) is 0 Å². The molecular weight excluding hydrogens is 224 g/mol. The second-order valence-corrected chi connectivity index (χ2v) is 4.57. The number of benzene rings is 1. The van der Waals surface area contributed by atoms with Gasteiger partial charge in [-0.05, 0) is 24.1 Å². The molecule has 1 aromatic carbocycles. The molecule has 2 aromatic heterocycles. The molecule has 0 atom stereocenters. The van der Waals surface area contributed by atoms with Crippen LogP contribution in [0.4, 0.5) is 5.69 Å². The van der Waals surface area contributed by atoms with Gasteiger partial charge in [0.05, 0.1) is 17.4 Å². The highest BCUT2D eigenvalue weighted by molar-refractivity contribution is 5.90. The maximum Gasteiger partial charge on any atom is 0.0713 e. The molecule has 0 aliphatic carbocycles. The number of hydrogen-bond acceptors (Lipinski definition) is 2. The van der Waals surface area contributed by atoms with Gasteiger partial charge in [-0.25, -0.2) is 0 Å². The van der Waals surface area contributed by atoms with E-state index in [0.29, 0.717) is 0 Å². The van der Waals surface area contributed by atoms with Crippen molar-refractivity contribution in [2.24, 2.45) is 7.05 Å². The minimum Gasteiger partial charge on any atom is -0.397 e. The third-order valence-corrected chi connectivity index (χ3v) is 3.22. The highest BCUT2D eigenvalue weighted by atomic mass is 15.2. The van der Waals surface area contributed by atoms with Gasteiger partial charge in [-0.3, -0.25) is 4.68 Å². The van der Waals surface area contributed by atoms with Crippen molar-refractivity contribution >= 4 is 16.6 Å². The number of nitrogen functional groups attached to an aromatic ring is 1. The SMILES string of the molecule is Cn1cc(CCn2ccc3cccc(N)c32)cn1. The number of hydrogen-bond donors (Lipinski definition) is 1. The second kappa shape index (κ2) is 4.22. The average molecular weight is 240 g/mol. The molecule has 4 nitrogen and oxygen atoms in total. The summed E-state index contributed by atoms with van der Waals surface area (Å²) in [4.78, 5) is 0. The van der Waals surface area contributed by atoms with Gasteiger partial charge in [0.25, 0.3) is 0 Å². The van der Waals surface area contributed by atoms with Crippen molar-refractivity contribution in [2.45, 2.75) is 13.0 Å². The van der Waals surface area contributed by atoms with E-state index < -0.39 is 0 Å². The molecule has 0 aliphatic heterocycles. The Morgan fingerprint density at radius 3 is 2.94 bits per heavy atom. The van der Waals surface area contributed by atoms with Crippen LogP contribution >= 0.6 is 0 Å². The quantitative estimate of drug-likeness (QED) is 0.713. The largest absolute Gasteiger partial charge is 0.397 e. The highest BCUT2D eigenvalue weighted by Gasteiger charge is 2.04. The predicted molar refractivity (Wildman–Crippen MR) is 73.3 cm³/mol. The topological polar surface area (TPSA) is 48.8 Å². The number of anilines is 1. The Kier molecular flexibility index (Phi) is 2.55. The van der Waals surface area contributed by atoms with Crippen molar-refractivity contribution in [3.05, 3.63) is 48.4 Å². The Morgan fingerprint density at radius 2 is 2.17 bits per heavy atom. The van der Waals surface area contributed by atoms with Crippen LogP contribution in [0.1, 0.15) is 5.56 Å². The number of nitrogens with zero attached hydrogens (tertiary/aromatic N) is 3. The summed E-state index contributed by atoms with van der Waals surface area (Å²) in [5, 5.41) is 5.37. The lowest BCUT2D eigenvalue weighted by molar-refractivity contribution is 0.721. The van der Waals surface area contributed by atoms with Crippen LogP contribution in [0.5, 0.6) is 0 Å². The molecule has 0 fully saturated rings. The zero-order valence-electron chi connectivity index (χ0n) is 10.4. The number of aromatic nitrogens is 3. The number of para-hydroxylation sites is 1. The first-order valence-electron chi connectivity index (χ1n) is 6.05. The van der Waals surface area contributed by atoms with Crippen LogP contribution in [0, 0.1) is 0 Å². The third-order valence-electron chi connectivity index (χ3n) is 3.22. The van der Waals surface area contributed by atoms with Crippen LogP contribution in [0.25, 0.3) is 10.9 Å². The van der Waals surface area contributed by atoms with Gasteiger partial charge in [-0.15, -0.1) is 0 Å². The lowest BCUT2D eigenvalue weighted by Crippen LogP contribution is -2.01. The third kappa shape index (κ3) is 1.86. The molecule has 0 saturated heterocycles. The smallest absolute Gasteiger partial charge is 0.0713 e. The minimum atomic E-state index is 0.837. The summed E-state index contributed by atoms with van der Waals surface area (Å²) >= 11 is 0. The number of rotatable bonds is 3. The highest BCUT2D eigenvalue weighted by Crippen LogP contribution is 2.22. The number of aryl methyl sites for hydroxylation is 3. The molecular formula is C14H16N4. The van der Waals surface area contributed by atoms with E-state index >= 15 is 0 Å². The van der Waals surface area contributed by atoms with Gasteiger partial charge >= 0.3 is 0 Å². The van der Waals surface area contributed by atoms with Crippen LogP contribution < -0.4 is 5.73 Å². The Bertz CT molecular complexity index is 678. The van der Waals surface area contributed by atoms with Gasteiger partial charge in [0.1, 0.15) is 0 Å². The molecule has 3 rings (SSSR count). The van der Waals surface area contributed by atoms with Crippen LogP contribution in [0.3, 0.4) is 0 Å². The maximum atomic E-state index is 6.04. The lowest BCUT2D eigenvalue weighted by Gasteiger charge is -2.06. The molecule has 0 spiro atoms. The van der Waals surface area contributed by atoms with Crippen LogP contribution in [-0.2, 0) is 20.0 Å². The normalized spacial score (nSPS) is 11.2. The zero-order valence-corrected chi connectivity index (χ0v) is 10.4. The summed E-state index contributed by atoms with van der Waals surface area (Å²) in [5.74, 6) is 0. The molecule has 2 N–H and O–H groups in total. The molecule has 4 heteroatoms. The van der Waals surface area contributed by atoms with E-state index in [1.165, 1.54) is 10.9 Å². The monoisotopic (exact) mass is 240 g/mol. The molecule has 0 unspecified atom stereocenters. The van der Waals surface area contributed by atoms with Crippen LogP contribution in [0.2, 0.25) is 0 Å². The molecule has 92 valence electrons. The molecule has 18 heavy (non-hydrogen) atoms. The van der Waals surface area contributed by atoms with Crippen molar-refractivity contribution < 1.29 is 0 Å². The van der Waals surface area contributed by atoms with E-state index in [4.69, 9.17) is 5.73 Å². The van der Waals surface area contributed by atoms with Crippen molar-refractivity contribution in [2.75, 3.05) is 5.73 Å². The van der Waals surface area contributed by atoms with Crippen molar-refractivity contribution in [1.29, 1.82) is 0 Å². The first-order chi connectivity index (χ1) is 8.74. The first-order valence-corrected chi connectivity index (χ1v) is 6.05. The number of fused-ring (bicyclic) bond motifs is 1. The molecule has 0 saturated carbocycles. The molecule has 3 aromatic rings.